The van der Waals surface area contributed by atoms with Gasteiger partial charge in [-0.3, -0.25) is 4.79 Å². The van der Waals surface area contributed by atoms with Gasteiger partial charge in [-0.2, -0.15) is 0 Å². The van der Waals surface area contributed by atoms with Gasteiger partial charge < -0.3 is 10.3 Å². The SMILES string of the molecule is Cc1cc(-c2csc(CC(N)=O)n2)c(C)n1-c1cccc(Br)c1. The van der Waals surface area contributed by atoms with Crippen molar-refractivity contribution in [3.05, 3.63) is 56.6 Å². The van der Waals surface area contributed by atoms with Crippen LogP contribution in [0.25, 0.3) is 16.9 Å². The fourth-order valence-corrected chi connectivity index (χ4v) is 3.89. The standard InChI is InChI=1S/C17H16BrN3OS/c1-10-6-14(15-9-23-17(20-15)8-16(19)22)11(2)21(10)13-5-3-4-12(18)7-13/h3-7,9H,8H2,1-2H3,(H2,19,22). The number of benzene rings is 1. The Balaban J connectivity index is 2.04. The van der Waals surface area contributed by atoms with Crippen molar-refractivity contribution < 1.29 is 4.79 Å². The van der Waals surface area contributed by atoms with Crippen molar-refractivity contribution >= 4 is 33.2 Å². The zero-order valence-electron chi connectivity index (χ0n) is 12.8. The van der Waals surface area contributed by atoms with Gasteiger partial charge in [0.1, 0.15) is 5.01 Å². The van der Waals surface area contributed by atoms with E-state index in [1.807, 2.05) is 17.5 Å². The van der Waals surface area contributed by atoms with E-state index in [1.54, 1.807) is 0 Å². The molecule has 0 saturated heterocycles. The summed E-state index contributed by atoms with van der Waals surface area (Å²) in [5.41, 5.74) is 10.6. The van der Waals surface area contributed by atoms with Gasteiger partial charge in [-0.25, -0.2) is 4.98 Å². The van der Waals surface area contributed by atoms with E-state index in [2.05, 4.69) is 57.5 Å². The zero-order chi connectivity index (χ0) is 16.6. The van der Waals surface area contributed by atoms with E-state index < -0.39 is 0 Å². The van der Waals surface area contributed by atoms with Crippen molar-refractivity contribution in [2.45, 2.75) is 20.3 Å². The van der Waals surface area contributed by atoms with Crippen LogP contribution in [0.5, 0.6) is 0 Å². The molecule has 0 atom stereocenters. The van der Waals surface area contributed by atoms with Gasteiger partial charge in [0.05, 0.1) is 12.1 Å². The fraction of sp³-hybridized carbons (Fsp3) is 0.176. The van der Waals surface area contributed by atoms with Crippen LogP contribution in [0.15, 0.2) is 40.2 Å². The first-order valence-corrected chi connectivity index (χ1v) is 8.81. The summed E-state index contributed by atoms with van der Waals surface area (Å²) in [5, 5.41) is 2.73. The van der Waals surface area contributed by atoms with Crippen LogP contribution in [-0.2, 0) is 11.2 Å². The molecular formula is C17H16BrN3OS. The normalized spacial score (nSPS) is 10.9. The minimum Gasteiger partial charge on any atom is -0.369 e. The zero-order valence-corrected chi connectivity index (χ0v) is 15.2. The van der Waals surface area contributed by atoms with Gasteiger partial charge in [-0.15, -0.1) is 11.3 Å². The van der Waals surface area contributed by atoms with Crippen LogP contribution in [0.2, 0.25) is 0 Å². The first-order valence-electron chi connectivity index (χ1n) is 7.13. The lowest BCUT2D eigenvalue weighted by atomic mass is 10.2. The van der Waals surface area contributed by atoms with Crippen LogP contribution in [0.1, 0.15) is 16.4 Å². The number of aromatic nitrogens is 2. The summed E-state index contributed by atoms with van der Waals surface area (Å²) < 4.78 is 3.24. The quantitative estimate of drug-likeness (QED) is 0.732. The summed E-state index contributed by atoms with van der Waals surface area (Å²) in [6.45, 7) is 4.16. The predicted octanol–water partition coefficient (Wildman–Crippen LogP) is 4.01. The van der Waals surface area contributed by atoms with Gasteiger partial charge >= 0.3 is 0 Å². The van der Waals surface area contributed by atoms with Gasteiger partial charge in [0.25, 0.3) is 0 Å². The highest BCUT2D eigenvalue weighted by Crippen LogP contribution is 2.31. The van der Waals surface area contributed by atoms with Gasteiger partial charge in [-0.05, 0) is 38.1 Å². The Morgan fingerprint density at radius 2 is 2.13 bits per heavy atom. The monoisotopic (exact) mass is 389 g/mol. The molecule has 23 heavy (non-hydrogen) atoms. The summed E-state index contributed by atoms with van der Waals surface area (Å²) >= 11 is 4.98. The summed E-state index contributed by atoms with van der Waals surface area (Å²) in [6.07, 6.45) is 0.190. The predicted molar refractivity (Wildman–Crippen MR) is 96.9 cm³/mol. The Kier molecular flexibility index (Phi) is 4.37. The van der Waals surface area contributed by atoms with Crippen molar-refractivity contribution in [2.24, 2.45) is 5.73 Å². The molecule has 3 rings (SSSR count). The molecule has 2 aromatic heterocycles. The summed E-state index contributed by atoms with van der Waals surface area (Å²) in [6, 6.07) is 10.3. The molecule has 0 saturated carbocycles. The molecule has 2 heterocycles. The third-order valence-electron chi connectivity index (χ3n) is 3.65. The molecular weight excluding hydrogens is 374 g/mol. The Morgan fingerprint density at radius 3 is 2.83 bits per heavy atom. The number of amides is 1. The first kappa shape index (κ1) is 16.0. The second-order valence-corrected chi connectivity index (χ2v) is 7.23. The van der Waals surface area contributed by atoms with E-state index in [9.17, 15) is 4.79 Å². The smallest absolute Gasteiger partial charge is 0.224 e. The molecule has 118 valence electrons. The van der Waals surface area contributed by atoms with Crippen LogP contribution in [0, 0.1) is 13.8 Å². The maximum atomic E-state index is 11.0. The molecule has 1 amide bonds. The maximum Gasteiger partial charge on any atom is 0.224 e. The van der Waals surface area contributed by atoms with Crippen LogP contribution >= 0.6 is 27.3 Å². The molecule has 0 aliphatic carbocycles. The molecule has 1 aromatic carbocycles. The van der Waals surface area contributed by atoms with E-state index in [1.165, 1.54) is 11.3 Å². The third kappa shape index (κ3) is 3.23. The molecule has 2 N–H and O–H groups in total. The first-order chi connectivity index (χ1) is 11.0. The number of nitrogens with zero attached hydrogens (tertiary/aromatic N) is 2. The van der Waals surface area contributed by atoms with E-state index in [0.29, 0.717) is 0 Å². The second kappa shape index (κ2) is 6.29. The molecule has 0 bridgehead atoms. The Labute approximate surface area is 147 Å². The number of hydrogen-bond acceptors (Lipinski definition) is 3. The average Bonchev–Trinajstić information content (AvgIpc) is 3.03. The molecule has 0 spiro atoms. The van der Waals surface area contributed by atoms with E-state index in [4.69, 9.17) is 5.73 Å². The fourth-order valence-electron chi connectivity index (χ4n) is 2.70. The van der Waals surface area contributed by atoms with Crippen molar-refractivity contribution in [2.75, 3.05) is 0 Å². The Morgan fingerprint density at radius 1 is 1.35 bits per heavy atom. The van der Waals surface area contributed by atoms with Crippen molar-refractivity contribution in [1.29, 1.82) is 0 Å². The molecule has 6 heteroatoms. The van der Waals surface area contributed by atoms with Crippen molar-refractivity contribution in [3.63, 3.8) is 0 Å². The lowest BCUT2D eigenvalue weighted by molar-refractivity contribution is -0.117. The average molecular weight is 390 g/mol. The highest BCUT2D eigenvalue weighted by Gasteiger charge is 2.15. The lowest BCUT2D eigenvalue weighted by Gasteiger charge is -2.10. The minimum absolute atomic E-state index is 0.190. The van der Waals surface area contributed by atoms with Gasteiger partial charge in [0.15, 0.2) is 0 Å². The molecule has 0 fully saturated rings. The van der Waals surface area contributed by atoms with Crippen molar-refractivity contribution in [1.82, 2.24) is 9.55 Å². The van der Waals surface area contributed by atoms with E-state index in [-0.39, 0.29) is 12.3 Å². The number of rotatable bonds is 4. The lowest BCUT2D eigenvalue weighted by Crippen LogP contribution is -2.13. The summed E-state index contributed by atoms with van der Waals surface area (Å²) in [4.78, 5) is 15.6. The maximum absolute atomic E-state index is 11.0. The van der Waals surface area contributed by atoms with Gasteiger partial charge in [0, 0.05) is 32.5 Å². The highest BCUT2D eigenvalue weighted by molar-refractivity contribution is 9.10. The molecule has 0 aliphatic rings. The number of nitrogens with two attached hydrogens (primary N) is 1. The number of primary amides is 1. The second-order valence-electron chi connectivity index (χ2n) is 5.37. The van der Waals surface area contributed by atoms with Gasteiger partial charge in [-0.1, -0.05) is 22.0 Å². The van der Waals surface area contributed by atoms with Crippen LogP contribution in [0.4, 0.5) is 0 Å². The number of halogens is 1. The van der Waals surface area contributed by atoms with Crippen molar-refractivity contribution in [3.8, 4) is 16.9 Å². The van der Waals surface area contributed by atoms with E-state index in [0.717, 1.165) is 37.8 Å². The van der Waals surface area contributed by atoms with Crippen LogP contribution in [-0.4, -0.2) is 15.5 Å². The largest absolute Gasteiger partial charge is 0.369 e. The molecule has 0 aliphatic heterocycles. The number of carbonyl (C=O) groups is 1. The Bertz CT molecular complexity index is 882. The molecule has 3 aromatic rings. The summed E-state index contributed by atoms with van der Waals surface area (Å²) in [7, 11) is 0. The van der Waals surface area contributed by atoms with Crippen LogP contribution < -0.4 is 5.73 Å². The minimum atomic E-state index is -0.356. The van der Waals surface area contributed by atoms with Crippen LogP contribution in [0.3, 0.4) is 0 Å². The number of carbonyl (C=O) groups excluding carboxylic acids is 1. The Hall–Kier alpha value is -1.92. The third-order valence-corrected chi connectivity index (χ3v) is 4.99. The highest BCUT2D eigenvalue weighted by atomic mass is 79.9. The molecule has 4 nitrogen and oxygen atoms in total. The number of aryl methyl sites for hydroxylation is 1. The topological polar surface area (TPSA) is 60.9 Å². The number of thiazole rings is 1. The molecule has 0 radical (unpaired) electrons. The summed E-state index contributed by atoms with van der Waals surface area (Å²) in [5.74, 6) is -0.356. The van der Waals surface area contributed by atoms with E-state index >= 15 is 0 Å². The molecule has 0 unspecified atom stereocenters. The number of hydrogen-bond donors (Lipinski definition) is 1. The van der Waals surface area contributed by atoms with Gasteiger partial charge in [0.2, 0.25) is 5.91 Å².